The van der Waals surface area contributed by atoms with E-state index in [9.17, 15) is 0 Å². The average molecular weight is 354 g/mol. The van der Waals surface area contributed by atoms with Crippen LogP contribution >= 0.6 is 24.0 Å². The topological polar surface area (TPSA) is 30.5 Å². The van der Waals surface area contributed by atoms with Gasteiger partial charge in [0.2, 0.25) is 0 Å². The summed E-state index contributed by atoms with van der Waals surface area (Å²) >= 11 is 6.15. The molecule has 0 unspecified atom stereocenters. The van der Waals surface area contributed by atoms with Crippen LogP contribution in [0.4, 0.5) is 0 Å². The molecule has 2 aromatic rings. The van der Waals surface area contributed by atoms with E-state index in [0.29, 0.717) is 17.7 Å². The Hall–Kier alpha value is -1.42. The lowest BCUT2D eigenvalue weighted by Crippen LogP contribution is -2.15. The number of hydrogen-bond donors (Lipinski definition) is 1. The highest BCUT2D eigenvalue weighted by Gasteiger charge is 2.20. The van der Waals surface area contributed by atoms with Gasteiger partial charge in [0.1, 0.15) is 6.61 Å². The molecule has 1 N–H and O–H groups in total. The van der Waals surface area contributed by atoms with E-state index in [2.05, 4.69) is 11.4 Å². The van der Waals surface area contributed by atoms with Crippen molar-refractivity contribution in [1.29, 1.82) is 0 Å². The summed E-state index contributed by atoms with van der Waals surface area (Å²) in [6, 6.07) is 14.4. The first kappa shape index (κ1) is 17.9. The van der Waals surface area contributed by atoms with Crippen molar-refractivity contribution < 1.29 is 9.47 Å². The zero-order valence-corrected chi connectivity index (χ0v) is 14.6. The number of methoxy groups -OCH3 is 1. The number of halogens is 2. The fourth-order valence-electron chi connectivity index (χ4n) is 2.26. The minimum atomic E-state index is 0. The maximum atomic E-state index is 6.15. The van der Waals surface area contributed by atoms with E-state index in [1.807, 2.05) is 36.4 Å². The Morgan fingerprint density at radius 1 is 1.13 bits per heavy atom. The Morgan fingerprint density at radius 2 is 1.91 bits per heavy atom. The highest BCUT2D eigenvalue weighted by Crippen LogP contribution is 2.30. The van der Waals surface area contributed by atoms with Crippen molar-refractivity contribution in [2.24, 2.45) is 0 Å². The first-order valence-corrected chi connectivity index (χ1v) is 7.90. The lowest BCUT2D eigenvalue weighted by atomic mass is 10.2. The minimum Gasteiger partial charge on any atom is -0.493 e. The van der Waals surface area contributed by atoms with Gasteiger partial charge in [-0.15, -0.1) is 12.4 Å². The Morgan fingerprint density at radius 3 is 2.61 bits per heavy atom. The van der Waals surface area contributed by atoms with Crippen LogP contribution in [-0.4, -0.2) is 13.2 Å². The van der Waals surface area contributed by atoms with E-state index in [4.69, 9.17) is 21.1 Å². The third-order valence-electron chi connectivity index (χ3n) is 3.74. The molecule has 0 saturated heterocycles. The van der Waals surface area contributed by atoms with Crippen LogP contribution in [0, 0.1) is 0 Å². The van der Waals surface area contributed by atoms with Crippen molar-refractivity contribution in [1.82, 2.24) is 5.32 Å². The number of ether oxygens (including phenoxy) is 2. The van der Waals surface area contributed by atoms with E-state index in [0.717, 1.165) is 23.6 Å². The molecular weight excluding hydrogens is 333 g/mol. The third-order valence-corrected chi connectivity index (χ3v) is 4.11. The number of benzene rings is 2. The molecule has 5 heteroatoms. The van der Waals surface area contributed by atoms with Gasteiger partial charge in [0.15, 0.2) is 11.5 Å². The molecule has 0 atom stereocenters. The summed E-state index contributed by atoms with van der Waals surface area (Å²) in [5.41, 5.74) is 2.17. The summed E-state index contributed by atoms with van der Waals surface area (Å²) in [6.07, 6.45) is 2.58. The number of nitrogens with one attached hydrogen (secondary N) is 1. The lowest BCUT2D eigenvalue weighted by Gasteiger charge is -2.13. The molecule has 0 radical (unpaired) electrons. The van der Waals surface area contributed by atoms with Gasteiger partial charge in [-0.25, -0.2) is 0 Å². The van der Waals surface area contributed by atoms with Crippen molar-refractivity contribution in [3.63, 3.8) is 0 Å². The second-order valence-electron chi connectivity index (χ2n) is 5.52. The summed E-state index contributed by atoms with van der Waals surface area (Å²) in [4.78, 5) is 0. The second-order valence-corrected chi connectivity index (χ2v) is 5.93. The van der Waals surface area contributed by atoms with Crippen molar-refractivity contribution in [3.05, 3.63) is 58.6 Å². The van der Waals surface area contributed by atoms with Gasteiger partial charge >= 0.3 is 0 Å². The van der Waals surface area contributed by atoms with E-state index in [1.54, 1.807) is 7.11 Å². The predicted octanol–water partition coefficient (Wildman–Crippen LogP) is 4.60. The molecule has 1 fully saturated rings. The number of rotatable bonds is 7. The molecule has 1 aliphatic rings. The van der Waals surface area contributed by atoms with Gasteiger partial charge in [-0.3, -0.25) is 0 Å². The van der Waals surface area contributed by atoms with Crippen LogP contribution in [0.1, 0.15) is 24.0 Å². The lowest BCUT2D eigenvalue weighted by molar-refractivity contribution is 0.284. The quantitative estimate of drug-likeness (QED) is 0.788. The Bertz CT molecular complexity index is 645. The fourth-order valence-corrected chi connectivity index (χ4v) is 2.45. The average Bonchev–Trinajstić information content (AvgIpc) is 3.37. The van der Waals surface area contributed by atoms with Crippen LogP contribution in [0.3, 0.4) is 0 Å². The van der Waals surface area contributed by atoms with E-state index < -0.39 is 0 Å². The molecule has 0 aliphatic heterocycles. The molecule has 3 rings (SSSR count). The number of hydrogen-bond acceptors (Lipinski definition) is 3. The maximum absolute atomic E-state index is 6.15. The fraction of sp³-hybridized carbons (Fsp3) is 0.333. The molecule has 1 saturated carbocycles. The zero-order valence-electron chi connectivity index (χ0n) is 13.0. The molecular formula is C18H21Cl2NO2. The Labute approximate surface area is 148 Å². The monoisotopic (exact) mass is 353 g/mol. The SMILES string of the molecule is COc1cc(CNC2CC2)ccc1OCc1ccccc1Cl.Cl. The summed E-state index contributed by atoms with van der Waals surface area (Å²) < 4.78 is 11.3. The maximum Gasteiger partial charge on any atom is 0.161 e. The second kappa shape index (κ2) is 8.44. The Kier molecular flexibility index (Phi) is 6.58. The highest BCUT2D eigenvalue weighted by molar-refractivity contribution is 6.31. The van der Waals surface area contributed by atoms with E-state index in [-0.39, 0.29) is 12.4 Å². The van der Waals surface area contributed by atoms with Gasteiger partial charge in [0.05, 0.1) is 7.11 Å². The molecule has 0 amide bonds. The summed E-state index contributed by atoms with van der Waals surface area (Å²) in [6.45, 7) is 1.29. The molecule has 23 heavy (non-hydrogen) atoms. The standard InChI is InChI=1S/C18H20ClNO2.ClH/c1-21-18-10-13(11-20-15-7-8-15)6-9-17(18)22-12-14-4-2-3-5-16(14)19;/h2-6,9-10,15,20H,7-8,11-12H2,1H3;1H. The molecule has 0 heterocycles. The largest absolute Gasteiger partial charge is 0.493 e. The highest BCUT2D eigenvalue weighted by atomic mass is 35.5. The van der Waals surface area contributed by atoms with Crippen LogP contribution in [0.2, 0.25) is 5.02 Å². The van der Waals surface area contributed by atoms with E-state index >= 15 is 0 Å². The molecule has 3 nitrogen and oxygen atoms in total. The predicted molar refractivity (Wildman–Crippen MR) is 95.9 cm³/mol. The molecule has 0 bridgehead atoms. The van der Waals surface area contributed by atoms with Crippen molar-refractivity contribution in [2.45, 2.75) is 32.0 Å². The van der Waals surface area contributed by atoms with Crippen LogP contribution in [0.25, 0.3) is 0 Å². The van der Waals surface area contributed by atoms with Gasteiger partial charge in [0.25, 0.3) is 0 Å². The normalized spacial score (nSPS) is 13.3. The van der Waals surface area contributed by atoms with Gasteiger partial charge in [0, 0.05) is 23.2 Å². The van der Waals surface area contributed by atoms with Crippen molar-refractivity contribution in [3.8, 4) is 11.5 Å². The molecule has 0 aromatic heterocycles. The van der Waals surface area contributed by atoms with Crippen molar-refractivity contribution in [2.75, 3.05) is 7.11 Å². The first-order chi connectivity index (χ1) is 10.8. The molecule has 1 aliphatic carbocycles. The molecule has 2 aromatic carbocycles. The zero-order chi connectivity index (χ0) is 15.4. The van der Waals surface area contributed by atoms with Crippen LogP contribution in [-0.2, 0) is 13.2 Å². The third kappa shape index (κ3) is 5.03. The molecule has 0 spiro atoms. The van der Waals surface area contributed by atoms with Gasteiger partial charge in [-0.1, -0.05) is 35.9 Å². The van der Waals surface area contributed by atoms with Gasteiger partial charge < -0.3 is 14.8 Å². The van der Waals surface area contributed by atoms with Crippen LogP contribution < -0.4 is 14.8 Å². The Balaban J connectivity index is 0.00000192. The smallest absolute Gasteiger partial charge is 0.161 e. The summed E-state index contributed by atoms with van der Waals surface area (Å²) in [7, 11) is 1.66. The molecule has 124 valence electrons. The van der Waals surface area contributed by atoms with E-state index in [1.165, 1.54) is 18.4 Å². The van der Waals surface area contributed by atoms with Crippen molar-refractivity contribution >= 4 is 24.0 Å². The minimum absolute atomic E-state index is 0. The van der Waals surface area contributed by atoms with Crippen LogP contribution in [0.5, 0.6) is 11.5 Å². The summed E-state index contributed by atoms with van der Waals surface area (Å²) in [5.74, 6) is 1.49. The van der Waals surface area contributed by atoms with Crippen LogP contribution in [0.15, 0.2) is 42.5 Å². The summed E-state index contributed by atoms with van der Waals surface area (Å²) in [5, 5.41) is 4.21. The first-order valence-electron chi connectivity index (χ1n) is 7.53. The van der Waals surface area contributed by atoms with Gasteiger partial charge in [-0.05, 0) is 36.6 Å². The van der Waals surface area contributed by atoms with Gasteiger partial charge in [-0.2, -0.15) is 0 Å².